The first-order valence-corrected chi connectivity index (χ1v) is 8.26. The zero-order valence-electron chi connectivity index (χ0n) is 11.3. The van der Waals surface area contributed by atoms with Gasteiger partial charge in [0, 0.05) is 0 Å². The number of fused-ring (bicyclic) bond motifs is 1. The quantitative estimate of drug-likeness (QED) is 0.833. The minimum atomic E-state index is -0.842. The van der Waals surface area contributed by atoms with Crippen molar-refractivity contribution in [3.63, 3.8) is 0 Å². The van der Waals surface area contributed by atoms with Gasteiger partial charge in [-0.1, -0.05) is 35.2 Å². The molecule has 114 valence electrons. The molecule has 2 amide bonds. The third-order valence-electron chi connectivity index (χ3n) is 3.05. The SMILES string of the molecule is NC(=O)[C@@H]1CN(C(=O)CSc2nncs2)c2ccccc2O1. The number of hydrogen-bond acceptors (Lipinski definition) is 7. The number of ether oxygens (including phenoxy) is 1. The highest BCUT2D eigenvalue weighted by atomic mass is 32.2. The first-order chi connectivity index (χ1) is 10.6. The van der Waals surface area contributed by atoms with Crippen molar-refractivity contribution in [3.8, 4) is 5.75 Å². The van der Waals surface area contributed by atoms with Crippen LogP contribution in [0.5, 0.6) is 5.75 Å². The molecule has 1 aromatic carbocycles. The Morgan fingerprint density at radius 2 is 2.27 bits per heavy atom. The van der Waals surface area contributed by atoms with Gasteiger partial charge in [-0.05, 0) is 12.1 Å². The Morgan fingerprint density at radius 3 is 3.00 bits per heavy atom. The maximum absolute atomic E-state index is 12.5. The number of para-hydroxylation sites is 2. The van der Waals surface area contributed by atoms with Crippen molar-refractivity contribution in [2.75, 3.05) is 17.2 Å². The second kappa shape index (κ2) is 6.32. The summed E-state index contributed by atoms with van der Waals surface area (Å²) in [6, 6.07) is 7.08. The molecule has 3 rings (SSSR count). The van der Waals surface area contributed by atoms with Crippen molar-refractivity contribution in [1.82, 2.24) is 10.2 Å². The van der Waals surface area contributed by atoms with E-state index in [0.29, 0.717) is 11.4 Å². The molecular formula is C13H12N4O3S2. The molecule has 1 aliphatic heterocycles. The summed E-state index contributed by atoms with van der Waals surface area (Å²) in [5.41, 5.74) is 7.57. The lowest BCUT2D eigenvalue weighted by Gasteiger charge is -2.33. The number of hydrogen-bond donors (Lipinski definition) is 1. The van der Waals surface area contributed by atoms with Crippen LogP contribution in [-0.4, -0.2) is 40.4 Å². The average molecular weight is 336 g/mol. The lowest BCUT2D eigenvalue weighted by Crippen LogP contribution is -2.49. The molecule has 1 aromatic heterocycles. The number of carbonyl (C=O) groups is 2. The Hall–Kier alpha value is -2.13. The number of nitrogens with two attached hydrogens (primary N) is 1. The van der Waals surface area contributed by atoms with Crippen molar-refractivity contribution >= 4 is 40.6 Å². The molecule has 0 aliphatic carbocycles. The van der Waals surface area contributed by atoms with E-state index < -0.39 is 12.0 Å². The van der Waals surface area contributed by atoms with E-state index in [2.05, 4.69) is 10.2 Å². The number of amides is 2. The molecule has 7 nitrogen and oxygen atoms in total. The fourth-order valence-electron chi connectivity index (χ4n) is 2.05. The van der Waals surface area contributed by atoms with Gasteiger partial charge in [-0.2, -0.15) is 0 Å². The summed E-state index contributed by atoms with van der Waals surface area (Å²) in [7, 11) is 0. The number of anilines is 1. The highest BCUT2D eigenvalue weighted by Crippen LogP contribution is 2.33. The van der Waals surface area contributed by atoms with Gasteiger partial charge in [0.2, 0.25) is 5.91 Å². The molecule has 22 heavy (non-hydrogen) atoms. The van der Waals surface area contributed by atoms with Crippen LogP contribution in [0.1, 0.15) is 0 Å². The van der Waals surface area contributed by atoms with E-state index in [1.165, 1.54) is 28.0 Å². The summed E-state index contributed by atoms with van der Waals surface area (Å²) < 4.78 is 6.25. The number of nitrogens with zero attached hydrogens (tertiary/aromatic N) is 3. The van der Waals surface area contributed by atoms with Crippen LogP contribution >= 0.6 is 23.1 Å². The number of aromatic nitrogens is 2. The summed E-state index contributed by atoms with van der Waals surface area (Å²) in [6.45, 7) is 0.113. The third-order valence-corrected chi connectivity index (χ3v) is 4.90. The van der Waals surface area contributed by atoms with Gasteiger partial charge >= 0.3 is 0 Å². The third kappa shape index (κ3) is 3.04. The topological polar surface area (TPSA) is 98.4 Å². The average Bonchev–Trinajstić information content (AvgIpc) is 3.04. The number of benzene rings is 1. The monoisotopic (exact) mass is 336 g/mol. The van der Waals surface area contributed by atoms with Gasteiger partial charge in [0.1, 0.15) is 11.3 Å². The molecule has 0 unspecified atom stereocenters. The van der Waals surface area contributed by atoms with Crippen LogP contribution in [0.15, 0.2) is 34.1 Å². The van der Waals surface area contributed by atoms with Gasteiger partial charge in [-0.15, -0.1) is 10.2 Å². The molecule has 0 fully saturated rings. The van der Waals surface area contributed by atoms with E-state index in [9.17, 15) is 9.59 Å². The number of primary amides is 1. The summed E-state index contributed by atoms with van der Waals surface area (Å²) in [5, 5.41) is 7.61. The van der Waals surface area contributed by atoms with Crippen LogP contribution < -0.4 is 15.4 Å². The van der Waals surface area contributed by atoms with Crippen LogP contribution in [0.25, 0.3) is 0 Å². The molecule has 0 radical (unpaired) electrons. The first-order valence-electron chi connectivity index (χ1n) is 6.39. The normalized spacial score (nSPS) is 16.7. The lowest BCUT2D eigenvalue weighted by atomic mass is 10.2. The van der Waals surface area contributed by atoms with Crippen molar-refractivity contribution in [1.29, 1.82) is 0 Å². The Bertz CT molecular complexity index is 692. The van der Waals surface area contributed by atoms with Gasteiger partial charge < -0.3 is 15.4 Å². The molecule has 0 spiro atoms. The minimum Gasteiger partial charge on any atom is -0.477 e. The predicted octanol–water partition coefficient (Wildman–Crippen LogP) is 0.910. The Morgan fingerprint density at radius 1 is 1.45 bits per heavy atom. The Kier molecular flexibility index (Phi) is 4.25. The Labute approximate surface area is 134 Å². The summed E-state index contributed by atoms with van der Waals surface area (Å²) in [5.74, 6) is -0.0484. The molecular weight excluding hydrogens is 324 g/mol. The van der Waals surface area contributed by atoms with E-state index in [4.69, 9.17) is 10.5 Å². The second-order valence-corrected chi connectivity index (χ2v) is 6.53. The molecule has 0 bridgehead atoms. The summed E-state index contributed by atoms with van der Waals surface area (Å²) in [6.07, 6.45) is -0.842. The van der Waals surface area contributed by atoms with Crippen molar-refractivity contribution in [3.05, 3.63) is 29.8 Å². The molecule has 1 atom stereocenters. The molecule has 2 heterocycles. The largest absolute Gasteiger partial charge is 0.477 e. The highest BCUT2D eigenvalue weighted by Gasteiger charge is 2.32. The Balaban J connectivity index is 1.78. The van der Waals surface area contributed by atoms with E-state index >= 15 is 0 Å². The first kappa shape index (κ1) is 14.8. The molecule has 2 N–H and O–H groups in total. The van der Waals surface area contributed by atoms with Crippen LogP contribution in [0, 0.1) is 0 Å². The summed E-state index contributed by atoms with van der Waals surface area (Å²) in [4.78, 5) is 25.4. The predicted molar refractivity (Wildman–Crippen MR) is 83.0 cm³/mol. The van der Waals surface area contributed by atoms with Gasteiger partial charge in [0.15, 0.2) is 10.4 Å². The van der Waals surface area contributed by atoms with Gasteiger partial charge in [-0.25, -0.2) is 0 Å². The fraction of sp³-hybridized carbons (Fsp3) is 0.231. The van der Waals surface area contributed by atoms with Crippen molar-refractivity contribution in [2.24, 2.45) is 5.73 Å². The fourth-order valence-corrected chi connectivity index (χ4v) is 3.41. The zero-order chi connectivity index (χ0) is 15.5. The van der Waals surface area contributed by atoms with Crippen LogP contribution in [0.3, 0.4) is 0 Å². The number of carbonyl (C=O) groups excluding carboxylic acids is 2. The van der Waals surface area contributed by atoms with Gasteiger partial charge in [0.05, 0.1) is 18.0 Å². The van der Waals surface area contributed by atoms with Crippen molar-refractivity contribution < 1.29 is 14.3 Å². The van der Waals surface area contributed by atoms with Crippen LogP contribution in [-0.2, 0) is 9.59 Å². The maximum atomic E-state index is 12.5. The molecule has 1 aliphatic rings. The molecule has 0 saturated heterocycles. The number of rotatable bonds is 4. The molecule has 2 aromatic rings. The second-order valence-electron chi connectivity index (χ2n) is 4.47. The van der Waals surface area contributed by atoms with E-state index in [1.807, 2.05) is 6.07 Å². The smallest absolute Gasteiger partial charge is 0.260 e. The zero-order valence-corrected chi connectivity index (χ0v) is 13.0. The molecule has 9 heteroatoms. The number of thioether (sulfide) groups is 1. The van der Waals surface area contributed by atoms with Crippen molar-refractivity contribution in [2.45, 2.75) is 10.4 Å². The molecule has 0 saturated carbocycles. The van der Waals surface area contributed by atoms with Crippen LogP contribution in [0.4, 0.5) is 5.69 Å². The standard InChI is InChI=1S/C13H12N4O3S2/c14-12(19)10-5-17(8-3-1-2-4-9(8)20-10)11(18)6-21-13-16-15-7-22-13/h1-4,7,10H,5-6H2,(H2,14,19)/t10-/m0/s1. The lowest BCUT2D eigenvalue weighted by molar-refractivity contribution is -0.125. The van der Waals surface area contributed by atoms with E-state index in [-0.39, 0.29) is 18.2 Å². The van der Waals surface area contributed by atoms with E-state index in [1.54, 1.807) is 23.7 Å². The highest BCUT2D eigenvalue weighted by molar-refractivity contribution is 8.01. The minimum absolute atomic E-state index is 0.113. The maximum Gasteiger partial charge on any atom is 0.260 e. The van der Waals surface area contributed by atoms with Gasteiger partial charge in [0.25, 0.3) is 5.91 Å². The van der Waals surface area contributed by atoms with E-state index in [0.717, 1.165) is 4.34 Å². The van der Waals surface area contributed by atoms with Crippen LogP contribution in [0.2, 0.25) is 0 Å². The van der Waals surface area contributed by atoms with Gasteiger partial charge in [-0.3, -0.25) is 9.59 Å². The summed E-state index contributed by atoms with van der Waals surface area (Å²) >= 11 is 2.68.